The highest BCUT2D eigenvalue weighted by Gasteiger charge is 2.14. The number of para-hydroxylation sites is 1. The van der Waals surface area contributed by atoms with E-state index in [1.54, 1.807) is 0 Å². The SMILES string of the molecule is CCOC(=O)CCc1c(C)nn(-c2ccccc2)c1C. The van der Waals surface area contributed by atoms with Crippen molar-refractivity contribution >= 4 is 5.97 Å². The van der Waals surface area contributed by atoms with Crippen LogP contribution in [-0.2, 0) is 16.0 Å². The fraction of sp³-hybridized carbons (Fsp3) is 0.375. The highest BCUT2D eigenvalue weighted by Crippen LogP contribution is 2.19. The first-order valence-electron chi connectivity index (χ1n) is 6.89. The van der Waals surface area contributed by atoms with Crippen LogP contribution < -0.4 is 0 Å². The lowest BCUT2D eigenvalue weighted by Gasteiger charge is -2.05. The molecule has 4 heteroatoms. The maximum absolute atomic E-state index is 11.5. The summed E-state index contributed by atoms with van der Waals surface area (Å²) in [5, 5.41) is 4.57. The van der Waals surface area contributed by atoms with Gasteiger partial charge in [0, 0.05) is 12.1 Å². The molecule has 1 heterocycles. The maximum atomic E-state index is 11.5. The Morgan fingerprint density at radius 1 is 1.25 bits per heavy atom. The van der Waals surface area contributed by atoms with Crippen LogP contribution in [0.5, 0.6) is 0 Å². The minimum atomic E-state index is -0.154. The molecule has 4 nitrogen and oxygen atoms in total. The standard InChI is InChI=1S/C16H20N2O2/c1-4-20-16(19)11-10-15-12(2)17-18(13(15)3)14-8-6-5-7-9-14/h5-9H,4,10-11H2,1-3H3. The summed E-state index contributed by atoms with van der Waals surface area (Å²) in [5.41, 5.74) is 4.21. The van der Waals surface area contributed by atoms with Gasteiger partial charge in [0.05, 0.1) is 18.0 Å². The molecule has 0 saturated carbocycles. The third kappa shape index (κ3) is 3.07. The molecule has 1 aromatic heterocycles. The minimum Gasteiger partial charge on any atom is -0.466 e. The molecule has 0 N–H and O–H groups in total. The van der Waals surface area contributed by atoms with Gasteiger partial charge in [-0.25, -0.2) is 4.68 Å². The van der Waals surface area contributed by atoms with Gasteiger partial charge in [0.15, 0.2) is 0 Å². The zero-order valence-electron chi connectivity index (χ0n) is 12.2. The maximum Gasteiger partial charge on any atom is 0.306 e. The van der Waals surface area contributed by atoms with E-state index >= 15 is 0 Å². The van der Waals surface area contributed by atoms with Crippen LogP contribution in [0.25, 0.3) is 5.69 Å². The Kier molecular flexibility index (Phi) is 4.56. The van der Waals surface area contributed by atoms with E-state index in [0.717, 1.165) is 22.6 Å². The van der Waals surface area contributed by atoms with E-state index in [1.165, 1.54) is 0 Å². The van der Waals surface area contributed by atoms with Crippen molar-refractivity contribution in [2.24, 2.45) is 0 Å². The number of ether oxygens (including phenoxy) is 1. The average molecular weight is 272 g/mol. The molecule has 0 unspecified atom stereocenters. The average Bonchev–Trinajstić information content (AvgIpc) is 2.73. The van der Waals surface area contributed by atoms with Crippen molar-refractivity contribution in [2.45, 2.75) is 33.6 Å². The third-order valence-electron chi connectivity index (χ3n) is 3.33. The van der Waals surface area contributed by atoms with Crippen molar-refractivity contribution in [3.05, 3.63) is 47.3 Å². The van der Waals surface area contributed by atoms with Crippen LogP contribution in [0.4, 0.5) is 0 Å². The number of hydrogen-bond donors (Lipinski definition) is 0. The summed E-state index contributed by atoms with van der Waals surface area (Å²) in [4.78, 5) is 11.5. The molecular formula is C16H20N2O2. The van der Waals surface area contributed by atoms with Gasteiger partial charge < -0.3 is 4.74 Å². The molecule has 0 saturated heterocycles. The topological polar surface area (TPSA) is 44.1 Å². The highest BCUT2D eigenvalue weighted by molar-refractivity contribution is 5.69. The van der Waals surface area contributed by atoms with Crippen molar-refractivity contribution in [3.8, 4) is 5.69 Å². The predicted molar refractivity (Wildman–Crippen MR) is 78.0 cm³/mol. The van der Waals surface area contributed by atoms with Crippen molar-refractivity contribution in [2.75, 3.05) is 6.61 Å². The minimum absolute atomic E-state index is 0.154. The van der Waals surface area contributed by atoms with Gasteiger partial charge in [-0.15, -0.1) is 0 Å². The van der Waals surface area contributed by atoms with E-state index in [2.05, 4.69) is 5.10 Å². The molecule has 1 aromatic carbocycles. The molecule has 0 amide bonds. The zero-order valence-corrected chi connectivity index (χ0v) is 12.2. The van der Waals surface area contributed by atoms with Crippen LogP contribution in [-0.4, -0.2) is 22.4 Å². The molecule has 0 spiro atoms. The number of benzene rings is 1. The molecular weight excluding hydrogens is 252 g/mol. The molecule has 0 bridgehead atoms. The van der Waals surface area contributed by atoms with Gasteiger partial charge in [-0.2, -0.15) is 5.10 Å². The van der Waals surface area contributed by atoms with E-state index in [0.29, 0.717) is 19.4 Å². The lowest BCUT2D eigenvalue weighted by molar-refractivity contribution is -0.143. The molecule has 20 heavy (non-hydrogen) atoms. The lowest BCUT2D eigenvalue weighted by atomic mass is 10.1. The Morgan fingerprint density at radius 2 is 1.95 bits per heavy atom. The monoisotopic (exact) mass is 272 g/mol. The smallest absolute Gasteiger partial charge is 0.306 e. The first-order chi connectivity index (χ1) is 9.63. The number of esters is 1. The number of aryl methyl sites for hydroxylation is 1. The lowest BCUT2D eigenvalue weighted by Crippen LogP contribution is -2.06. The second-order valence-corrected chi connectivity index (χ2v) is 4.70. The number of carbonyl (C=O) groups is 1. The van der Waals surface area contributed by atoms with E-state index in [4.69, 9.17) is 4.74 Å². The van der Waals surface area contributed by atoms with Gasteiger partial charge in [-0.1, -0.05) is 18.2 Å². The molecule has 2 rings (SSSR count). The molecule has 0 fully saturated rings. The van der Waals surface area contributed by atoms with Gasteiger partial charge in [-0.3, -0.25) is 4.79 Å². The highest BCUT2D eigenvalue weighted by atomic mass is 16.5. The van der Waals surface area contributed by atoms with E-state index < -0.39 is 0 Å². The summed E-state index contributed by atoms with van der Waals surface area (Å²) in [6, 6.07) is 10.0. The van der Waals surface area contributed by atoms with Crippen LogP contribution in [0.1, 0.15) is 30.3 Å². The number of nitrogens with zero attached hydrogens (tertiary/aromatic N) is 2. The Hall–Kier alpha value is -2.10. The number of rotatable bonds is 5. The van der Waals surface area contributed by atoms with Crippen molar-refractivity contribution < 1.29 is 9.53 Å². The summed E-state index contributed by atoms with van der Waals surface area (Å²) in [7, 11) is 0. The van der Waals surface area contributed by atoms with Crippen molar-refractivity contribution in [3.63, 3.8) is 0 Å². The molecule has 0 radical (unpaired) electrons. The first-order valence-corrected chi connectivity index (χ1v) is 6.89. The fourth-order valence-electron chi connectivity index (χ4n) is 2.32. The quantitative estimate of drug-likeness (QED) is 0.786. The van der Waals surface area contributed by atoms with Crippen LogP contribution >= 0.6 is 0 Å². The van der Waals surface area contributed by atoms with Gasteiger partial charge >= 0.3 is 5.97 Å². The van der Waals surface area contributed by atoms with Gasteiger partial charge in [0.2, 0.25) is 0 Å². The van der Waals surface area contributed by atoms with Crippen molar-refractivity contribution in [1.82, 2.24) is 9.78 Å². The van der Waals surface area contributed by atoms with Crippen LogP contribution in [0.3, 0.4) is 0 Å². The van der Waals surface area contributed by atoms with E-state index in [1.807, 2.05) is 55.8 Å². The second-order valence-electron chi connectivity index (χ2n) is 4.70. The van der Waals surface area contributed by atoms with Gasteiger partial charge in [-0.05, 0) is 44.9 Å². The number of carbonyl (C=O) groups excluding carboxylic acids is 1. The largest absolute Gasteiger partial charge is 0.466 e. The van der Waals surface area contributed by atoms with Crippen LogP contribution in [0, 0.1) is 13.8 Å². The summed E-state index contributed by atoms with van der Waals surface area (Å²) in [6.45, 7) is 6.27. The third-order valence-corrected chi connectivity index (χ3v) is 3.33. The second kappa shape index (κ2) is 6.37. The molecule has 0 aliphatic carbocycles. The van der Waals surface area contributed by atoms with Crippen LogP contribution in [0.2, 0.25) is 0 Å². The van der Waals surface area contributed by atoms with Gasteiger partial charge in [0.25, 0.3) is 0 Å². The Bertz CT molecular complexity index is 588. The molecule has 0 aliphatic rings. The summed E-state index contributed by atoms with van der Waals surface area (Å²) in [6.07, 6.45) is 1.07. The number of aromatic nitrogens is 2. The van der Waals surface area contributed by atoms with Gasteiger partial charge in [0.1, 0.15) is 0 Å². The van der Waals surface area contributed by atoms with E-state index in [9.17, 15) is 4.79 Å². The van der Waals surface area contributed by atoms with Crippen molar-refractivity contribution in [1.29, 1.82) is 0 Å². The molecule has 106 valence electrons. The zero-order chi connectivity index (χ0) is 14.5. The Labute approximate surface area is 119 Å². The Morgan fingerprint density at radius 3 is 2.60 bits per heavy atom. The molecule has 0 aliphatic heterocycles. The molecule has 0 atom stereocenters. The predicted octanol–water partition coefficient (Wildman–Crippen LogP) is 2.98. The summed E-state index contributed by atoms with van der Waals surface area (Å²) >= 11 is 0. The first kappa shape index (κ1) is 14.3. The fourth-order valence-corrected chi connectivity index (χ4v) is 2.32. The summed E-state index contributed by atoms with van der Waals surface area (Å²) < 4.78 is 6.90. The normalized spacial score (nSPS) is 10.6. The van der Waals surface area contributed by atoms with Crippen LogP contribution in [0.15, 0.2) is 30.3 Å². The molecule has 2 aromatic rings. The number of hydrogen-bond acceptors (Lipinski definition) is 3. The Balaban J connectivity index is 2.19. The van der Waals surface area contributed by atoms with E-state index in [-0.39, 0.29) is 5.97 Å². The summed E-state index contributed by atoms with van der Waals surface area (Å²) in [5.74, 6) is -0.154.